The molecule has 10 nitrogen and oxygen atoms in total. The lowest BCUT2D eigenvalue weighted by Crippen LogP contribution is -2.60. The summed E-state index contributed by atoms with van der Waals surface area (Å²) in [5, 5.41) is 9.07. The summed E-state index contributed by atoms with van der Waals surface area (Å²) in [6.07, 6.45) is 7.00. The van der Waals surface area contributed by atoms with E-state index in [4.69, 9.17) is 20.3 Å². The minimum atomic E-state index is -0.466. The van der Waals surface area contributed by atoms with Crippen LogP contribution in [0.15, 0.2) is 61.2 Å². The van der Waals surface area contributed by atoms with E-state index in [1.165, 1.54) is 18.5 Å². The van der Waals surface area contributed by atoms with Gasteiger partial charge in [-0.1, -0.05) is 0 Å². The van der Waals surface area contributed by atoms with Crippen molar-refractivity contribution in [1.29, 1.82) is 0 Å². The summed E-state index contributed by atoms with van der Waals surface area (Å²) in [5.74, 6) is 1.81. The number of ether oxygens (including phenoxy) is 2. The predicted octanol–water partition coefficient (Wildman–Crippen LogP) is 4.61. The third-order valence-electron chi connectivity index (χ3n) is 7.65. The van der Waals surface area contributed by atoms with Gasteiger partial charge in [0.25, 0.3) is 0 Å². The first-order valence-corrected chi connectivity index (χ1v) is 13.1. The van der Waals surface area contributed by atoms with Crippen LogP contribution in [0.4, 0.5) is 10.2 Å². The largest absolute Gasteiger partial charge is 0.489 e. The molecule has 0 radical (unpaired) electrons. The molecule has 0 unspecified atom stereocenters. The number of nitrogens with one attached hydrogen (secondary N) is 1. The highest BCUT2D eigenvalue weighted by molar-refractivity contribution is 5.98. The van der Waals surface area contributed by atoms with Crippen molar-refractivity contribution in [2.75, 3.05) is 18.8 Å². The van der Waals surface area contributed by atoms with E-state index in [0.717, 1.165) is 53.8 Å². The number of benzene rings is 2. The fraction of sp³-hybridized carbons (Fsp3) is 0.276. The van der Waals surface area contributed by atoms with Gasteiger partial charge in [-0.05, 0) is 49.4 Å². The van der Waals surface area contributed by atoms with Gasteiger partial charge in [-0.15, -0.1) is 0 Å². The number of aryl methyl sites for hydroxylation is 1. The Hall–Kier alpha value is -4.64. The summed E-state index contributed by atoms with van der Waals surface area (Å²) in [7, 11) is 0. The number of hydrogen-bond donors (Lipinski definition) is 2. The zero-order valence-corrected chi connectivity index (χ0v) is 21.8. The zero-order chi connectivity index (χ0) is 27.3. The Morgan fingerprint density at radius 2 is 1.75 bits per heavy atom. The second-order valence-electron chi connectivity index (χ2n) is 10.6. The van der Waals surface area contributed by atoms with Gasteiger partial charge in [-0.2, -0.15) is 5.10 Å². The van der Waals surface area contributed by atoms with Crippen LogP contribution in [0.1, 0.15) is 30.3 Å². The van der Waals surface area contributed by atoms with Gasteiger partial charge in [0.1, 0.15) is 53.3 Å². The van der Waals surface area contributed by atoms with Crippen molar-refractivity contribution in [2.45, 2.75) is 32.4 Å². The first-order valence-electron chi connectivity index (χ1n) is 13.1. The molecule has 0 bridgehead atoms. The molecule has 1 saturated carbocycles. The Morgan fingerprint density at radius 1 is 1.00 bits per heavy atom. The third kappa shape index (κ3) is 4.47. The summed E-state index contributed by atoms with van der Waals surface area (Å²) in [4.78, 5) is 17.0. The molecule has 11 heteroatoms. The molecule has 2 aliphatic rings. The van der Waals surface area contributed by atoms with Crippen molar-refractivity contribution in [3.63, 3.8) is 0 Å². The number of nitrogen functional groups attached to an aromatic ring is 1. The fourth-order valence-corrected chi connectivity index (χ4v) is 5.49. The Balaban J connectivity index is 1.10. The van der Waals surface area contributed by atoms with Gasteiger partial charge < -0.3 is 20.5 Å². The van der Waals surface area contributed by atoms with Crippen molar-refractivity contribution in [3.05, 3.63) is 78.4 Å². The van der Waals surface area contributed by atoms with Crippen molar-refractivity contribution in [2.24, 2.45) is 5.41 Å². The molecular formula is C29H27FN8O2. The van der Waals surface area contributed by atoms with Crippen LogP contribution in [0.5, 0.6) is 17.2 Å². The first kappa shape index (κ1) is 24.4. The normalized spacial score (nSPS) is 16.1. The summed E-state index contributed by atoms with van der Waals surface area (Å²) in [6.45, 7) is 4.15. The van der Waals surface area contributed by atoms with Crippen LogP contribution in [-0.4, -0.2) is 42.8 Å². The molecular weight excluding hydrogens is 511 g/mol. The molecule has 1 saturated heterocycles. The molecule has 3 N–H and O–H groups in total. The highest BCUT2D eigenvalue weighted by Crippen LogP contribution is 2.51. The van der Waals surface area contributed by atoms with E-state index >= 15 is 0 Å². The predicted molar refractivity (Wildman–Crippen MR) is 146 cm³/mol. The number of aromatic nitrogens is 6. The van der Waals surface area contributed by atoms with E-state index in [0.29, 0.717) is 34.3 Å². The smallest absolute Gasteiger partial charge is 0.164 e. The molecule has 1 spiro atoms. The standard InChI is InChI=1S/C29H27FN8O2/c1-17-33-11-18(12-34-17)13-39-23-6-20(30)7-24(8-23)40-22-4-2-19(3-5-22)26-25-27(31)35-16-36-28(25)38(37-26)21-9-29(10-21)14-32-15-29/h2-8,11-12,16,21,32H,9-10,13-15H2,1H3,(H2,31,35,36). The van der Waals surface area contributed by atoms with Crippen LogP contribution >= 0.6 is 0 Å². The molecule has 1 aliphatic heterocycles. The highest BCUT2D eigenvalue weighted by atomic mass is 19.1. The molecule has 5 aromatic rings. The van der Waals surface area contributed by atoms with Gasteiger partial charge >= 0.3 is 0 Å². The Bertz CT molecular complexity index is 1690. The summed E-state index contributed by atoms with van der Waals surface area (Å²) in [6, 6.07) is 12.0. The number of anilines is 1. The molecule has 2 fully saturated rings. The molecule has 4 heterocycles. The minimum Gasteiger partial charge on any atom is -0.489 e. The number of rotatable bonds is 7. The van der Waals surface area contributed by atoms with Gasteiger partial charge in [-0.3, -0.25) is 0 Å². The first-order chi connectivity index (χ1) is 19.4. The molecule has 0 atom stereocenters. The Morgan fingerprint density at radius 3 is 2.48 bits per heavy atom. The second kappa shape index (κ2) is 9.53. The van der Waals surface area contributed by atoms with E-state index in [9.17, 15) is 4.39 Å². The van der Waals surface area contributed by atoms with Crippen molar-refractivity contribution < 1.29 is 13.9 Å². The minimum absolute atomic E-state index is 0.212. The van der Waals surface area contributed by atoms with Crippen molar-refractivity contribution in [3.8, 4) is 28.5 Å². The lowest BCUT2D eigenvalue weighted by atomic mass is 9.62. The monoisotopic (exact) mass is 538 g/mol. The maximum atomic E-state index is 14.3. The number of hydrogen-bond acceptors (Lipinski definition) is 9. The number of nitrogens with zero attached hydrogens (tertiary/aromatic N) is 6. The van der Waals surface area contributed by atoms with Crippen LogP contribution in [-0.2, 0) is 6.61 Å². The molecule has 7 rings (SSSR count). The quantitative estimate of drug-likeness (QED) is 0.305. The van der Waals surface area contributed by atoms with Crippen molar-refractivity contribution in [1.82, 2.24) is 35.0 Å². The lowest BCUT2D eigenvalue weighted by Gasteiger charge is -2.54. The molecule has 2 aromatic carbocycles. The highest BCUT2D eigenvalue weighted by Gasteiger charge is 2.50. The second-order valence-corrected chi connectivity index (χ2v) is 10.6. The number of nitrogens with two attached hydrogens (primary N) is 1. The van der Waals surface area contributed by atoms with Crippen LogP contribution < -0.4 is 20.5 Å². The number of fused-ring (bicyclic) bond motifs is 1. The Labute approximate surface area is 229 Å². The maximum absolute atomic E-state index is 14.3. The molecule has 202 valence electrons. The molecule has 1 aliphatic carbocycles. The topological polar surface area (TPSA) is 126 Å². The van der Waals surface area contributed by atoms with Gasteiger partial charge in [0, 0.05) is 54.8 Å². The van der Waals surface area contributed by atoms with Crippen LogP contribution in [0.3, 0.4) is 0 Å². The van der Waals surface area contributed by atoms with E-state index in [1.807, 2.05) is 35.9 Å². The van der Waals surface area contributed by atoms with Crippen LogP contribution in [0.25, 0.3) is 22.3 Å². The van der Waals surface area contributed by atoms with E-state index in [-0.39, 0.29) is 12.6 Å². The summed E-state index contributed by atoms with van der Waals surface area (Å²) in [5.41, 5.74) is 9.82. The summed E-state index contributed by atoms with van der Waals surface area (Å²) < 4.78 is 28.0. The van der Waals surface area contributed by atoms with Crippen molar-refractivity contribution >= 4 is 16.9 Å². The number of halogens is 1. The average molecular weight is 539 g/mol. The van der Waals surface area contributed by atoms with E-state index < -0.39 is 5.82 Å². The SMILES string of the molecule is Cc1ncc(COc2cc(F)cc(Oc3ccc(-c4nn(C5CC6(CNC6)C5)c5ncnc(N)c45)cc3)c2)cn1. The maximum Gasteiger partial charge on any atom is 0.164 e. The third-order valence-corrected chi connectivity index (χ3v) is 7.65. The molecule has 0 amide bonds. The van der Waals surface area contributed by atoms with Crippen LogP contribution in [0, 0.1) is 18.2 Å². The van der Waals surface area contributed by atoms with Gasteiger partial charge in [0.05, 0.1) is 11.4 Å². The molecule has 40 heavy (non-hydrogen) atoms. The lowest BCUT2D eigenvalue weighted by molar-refractivity contribution is 0.00414. The van der Waals surface area contributed by atoms with E-state index in [2.05, 4.69) is 25.3 Å². The van der Waals surface area contributed by atoms with E-state index in [1.54, 1.807) is 18.5 Å². The van der Waals surface area contributed by atoms with Gasteiger partial charge in [0.2, 0.25) is 0 Å². The Kier molecular flexibility index (Phi) is 5.81. The molecule has 3 aromatic heterocycles. The van der Waals surface area contributed by atoms with Crippen LogP contribution in [0.2, 0.25) is 0 Å². The average Bonchev–Trinajstić information content (AvgIpc) is 3.28. The van der Waals surface area contributed by atoms with Gasteiger partial charge in [-0.25, -0.2) is 29.0 Å². The fourth-order valence-electron chi connectivity index (χ4n) is 5.49. The summed E-state index contributed by atoms with van der Waals surface area (Å²) >= 11 is 0. The zero-order valence-electron chi connectivity index (χ0n) is 21.8. The van der Waals surface area contributed by atoms with Gasteiger partial charge in [0.15, 0.2) is 5.65 Å².